The van der Waals surface area contributed by atoms with Gasteiger partial charge >= 0.3 is 0 Å². The van der Waals surface area contributed by atoms with E-state index in [-0.39, 0.29) is 23.7 Å². The Balaban J connectivity index is 1.48. The molecule has 160 valence electrons. The summed E-state index contributed by atoms with van der Waals surface area (Å²) >= 11 is 0. The standard InChI is InChI=1S/C22H32FN3O3/c1-29-13-12-26(22(28)14-19-6-7-21(27)24-19)15-17-8-10-25(11-9-17)16-18-4-2-3-5-20(18)23/h2-5,17,19H,6-16H2,1H3,(H,24,27)/t19-/m1/s1. The molecule has 1 N–H and O–H groups in total. The average Bonchev–Trinajstić information content (AvgIpc) is 3.12. The molecule has 0 aromatic heterocycles. The molecular formula is C22H32FN3O3. The van der Waals surface area contributed by atoms with E-state index in [9.17, 15) is 14.0 Å². The maximum absolute atomic E-state index is 13.9. The van der Waals surface area contributed by atoms with Crippen LogP contribution in [0.25, 0.3) is 0 Å². The number of methoxy groups -OCH3 is 1. The van der Waals surface area contributed by atoms with Crippen molar-refractivity contribution in [1.29, 1.82) is 0 Å². The number of hydrogen-bond donors (Lipinski definition) is 1. The smallest absolute Gasteiger partial charge is 0.224 e. The van der Waals surface area contributed by atoms with Crippen molar-refractivity contribution in [3.8, 4) is 0 Å². The molecule has 1 aromatic carbocycles. The van der Waals surface area contributed by atoms with Crippen LogP contribution in [0.4, 0.5) is 4.39 Å². The lowest BCUT2D eigenvalue weighted by Crippen LogP contribution is -2.43. The molecule has 2 heterocycles. The van der Waals surface area contributed by atoms with Crippen molar-refractivity contribution in [1.82, 2.24) is 15.1 Å². The molecule has 2 fully saturated rings. The lowest BCUT2D eigenvalue weighted by molar-refractivity contribution is -0.133. The Hall–Kier alpha value is -1.99. The Morgan fingerprint density at radius 1 is 1.28 bits per heavy atom. The van der Waals surface area contributed by atoms with Crippen LogP contribution < -0.4 is 5.32 Å². The minimum absolute atomic E-state index is 0.0356. The van der Waals surface area contributed by atoms with Gasteiger partial charge in [-0.05, 0) is 44.3 Å². The third-order valence-electron chi connectivity index (χ3n) is 5.96. The third-order valence-corrected chi connectivity index (χ3v) is 5.96. The molecule has 0 unspecified atom stereocenters. The number of amides is 2. The highest BCUT2D eigenvalue weighted by Gasteiger charge is 2.28. The second-order valence-electron chi connectivity index (χ2n) is 8.15. The minimum Gasteiger partial charge on any atom is -0.383 e. The summed E-state index contributed by atoms with van der Waals surface area (Å²) in [6.07, 6.45) is 3.59. The summed E-state index contributed by atoms with van der Waals surface area (Å²) in [5.41, 5.74) is 0.737. The van der Waals surface area contributed by atoms with Crippen molar-refractivity contribution in [2.24, 2.45) is 5.92 Å². The van der Waals surface area contributed by atoms with Crippen LogP contribution in [0.5, 0.6) is 0 Å². The molecular weight excluding hydrogens is 373 g/mol. The second-order valence-corrected chi connectivity index (χ2v) is 8.15. The van der Waals surface area contributed by atoms with Gasteiger partial charge in [-0.2, -0.15) is 0 Å². The Morgan fingerprint density at radius 2 is 2.03 bits per heavy atom. The summed E-state index contributed by atoms with van der Waals surface area (Å²) in [6, 6.07) is 6.90. The Bertz CT molecular complexity index is 692. The van der Waals surface area contributed by atoms with Crippen LogP contribution in [0, 0.1) is 11.7 Å². The highest BCUT2D eigenvalue weighted by molar-refractivity contribution is 5.81. The molecule has 0 bridgehead atoms. The van der Waals surface area contributed by atoms with Crippen LogP contribution in [-0.4, -0.2) is 67.6 Å². The number of benzene rings is 1. The monoisotopic (exact) mass is 405 g/mol. The van der Waals surface area contributed by atoms with Gasteiger partial charge in [-0.15, -0.1) is 0 Å². The molecule has 2 aliphatic rings. The van der Waals surface area contributed by atoms with Gasteiger partial charge in [0, 0.05) is 51.2 Å². The van der Waals surface area contributed by atoms with E-state index in [0.29, 0.717) is 38.5 Å². The van der Waals surface area contributed by atoms with Gasteiger partial charge in [-0.3, -0.25) is 14.5 Å². The van der Waals surface area contributed by atoms with Crippen molar-refractivity contribution in [2.75, 3.05) is 39.9 Å². The number of nitrogens with one attached hydrogen (secondary N) is 1. The van der Waals surface area contributed by atoms with Crippen LogP contribution >= 0.6 is 0 Å². The molecule has 6 nitrogen and oxygen atoms in total. The van der Waals surface area contributed by atoms with Crippen molar-refractivity contribution >= 4 is 11.8 Å². The summed E-state index contributed by atoms with van der Waals surface area (Å²) < 4.78 is 19.1. The zero-order chi connectivity index (χ0) is 20.6. The molecule has 0 spiro atoms. The number of nitrogens with zero attached hydrogens (tertiary/aromatic N) is 2. The molecule has 0 saturated carbocycles. The lowest BCUT2D eigenvalue weighted by Gasteiger charge is -2.35. The fourth-order valence-corrected chi connectivity index (χ4v) is 4.20. The highest BCUT2D eigenvalue weighted by Crippen LogP contribution is 2.22. The third kappa shape index (κ3) is 6.51. The number of carbonyl (C=O) groups excluding carboxylic acids is 2. The molecule has 2 amide bonds. The normalized spacial score (nSPS) is 20.6. The maximum atomic E-state index is 13.9. The number of likely N-dealkylation sites (tertiary alicyclic amines) is 1. The maximum Gasteiger partial charge on any atom is 0.224 e. The lowest BCUT2D eigenvalue weighted by atomic mass is 9.95. The summed E-state index contributed by atoms with van der Waals surface area (Å²) in [4.78, 5) is 28.4. The van der Waals surface area contributed by atoms with Crippen LogP contribution in [0.15, 0.2) is 24.3 Å². The predicted molar refractivity (Wildman–Crippen MR) is 109 cm³/mol. The van der Waals surface area contributed by atoms with Gasteiger partial charge in [0.25, 0.3) is 0 Å². The molecule has 1 aromatic rings. The number of rotatable bonds is 9. The molecule has 29 heavy (non-hydrogen) atoms. The van der Waals surface area contributed by atoms with Crippen molar-refractivity contribution < 1.29 is 18.7 Å². The van der Waals surface area contributed by atoms with Gasteiger partial charge < -0.3 is 15.0 Å². The Kier molecular flexibility index (Phi) is 8.00. The summed E-state index contributed by atoms with van der Waals surface area (Å²) in [5.74, 6) is 0.410. The van der Waals surface area contributed by atoms with Gasteiger partial charge in [0.15, 0.2) is 0 Å². The predicted octanol–water partition coefficient (Wildman–Crippen LogP) is 2.18. The summed E-state index contributed by atoms with van der Waals surface area (Å²) in [6.45, 7) is 4.25. The highest BCUT2D eigenvalue weighted by atomic mass is 19.1. The van der Waals surface area contributed by atoms with Crippen LogP contribution in [-0.2, 0) is 20.9 Å². The minimum atomic E-state index is -0.148. The van der Waals surface area contributed by atoms with Crippen molar-refractivity contribution in [3.05, 3.63) is 35.6 Å². The van der Waals surface area contributed by atoms with Crippen molar-refractivity contribution in [2.45, 2.75) is 44.7 Å². The number of piperidine rings is 1. The van der Waals surface area contributed by atoms with Gasteiger partial charge in [0.2, 0.25) is 11.8 Å². The van der Waals surface area contributed by atoms with Crippen LogP contribution in [0.1, 0.15) is 37.7 Å². The number of halogens is 1. The fraction of sp³-hybridized carbons (Fsp3) is 0.636. The first kappa shape index (κ1) is 21.7. The van der Waals surface area contributed by atoms with E-state index >= 15 is 0 Å². The summed E-state index contributed by atoms with van der Waals surface area (Å²) in [7, 11) is 1.64. The Morgan fingerprint density at radius 3 is 2.69 bits per heavy atom. The van der Waals surface area contributed by atoms with Crippen molar-refractivity contribution in [3.63, 3.8) is 0 Å². The van der Waals surface area contributed by atoms with Gasteiger partial charge in [0.1, 0.15) is 5.82 Å². The quantitative estimate of drug-likeness (QED) is 0.684. The first-order valence-corrected chi connectivity index (χ1v) is 10.6. The van der Waals surface area contributed by atoms with E-state index in [4.69, 9.17) is 4.74 Å². The first-order valence-electron chi connectivity index (χ1n) is 10.6. The van der Waals surface area contributed by atoms with Crippen LogP contribution in [0.2, 0.25) is 0 Å². The summed E-state index contributed by atoms with van der Waals surface area (Å²) in [5, 5.41) is 2.88. The van der Waals surface area contributed by atoms with E-state index in [0.717, 1.165) is 44.5 Å². The molecule has 0 aliphatic carbocycles. The largest absolute Gasteiger partial charge is 0.383 e. The molecule has 0 radical (unpaired) electrons. The molecule has 1 atom stereocenters. The van der Waals surface area contributed by atoms with Gasteiger partial charge in [0.05, 0.1) is 6.61 Å². The zero-order valence-electron chi connectivity index (χ0n) is 17.2. The Labute approximate surface area is 172 Å². The zero-order valence-corrected chi connectivity index (χ0v) is 17.2. The fourth-order valence-electron chi connectivity index (χ4n) is 4.20. The first-order chi connectivity index (χ1) is 14.0. The topological polar surface area (TPSA) is 61.9 Å². The van der Waals surface area contributed by atoms with Gasteiger partial charge in [-0.1, -0.05) is 18.2 Å². The van der Waals surface area contributed by atoms with Gasteiger partial charge in [-0.25, -0.2) is 4.39 Å². The molecule has 2 saturated heterocycles. The van der Waals surface area contributed by atoms with E-state index in [1.807, 2.05) is 17.0 Å². The molecule has 7 heteroatoms. The number of carbonyl (C=O) groups is 2. The average molecular weight is 406 g/mol. The SMILES string of the molecule is COCCN(CC1CCN(Cc2ccccc2F)CC1)C(=O)C[C@H]1CCC(=O)N1. The van der Waals surface area contributed by atoms with Crippen LogP contribution in [0.3, 0.4) is 0 Å². The molecule has 3 rings (SSSR count). The van der Waals surface area contributed by atoms with E-state index in [2.05, 4.69) is 10.2 Å². The number of hydrogen-bond acceptors (Lipinski definition) is 4. The second kappa shape index (κ2) is 10.7. The molecule has 2 aliphatic heterocycles. The van der Waals surface area contributed by atoms with E-state index in [1.165, 1.54) is 6.07 Å². The number of ether oxygens (including phenoxy) is 1. The van der Waals surface area contributed by atoms with E-state index in [1.54, 1.807) is 13.2 Å². The van der Waals surface area contributed by atoms with E-state index < -0.39 is 0 Å².